The van der Waals surface area contributed by atoms with Gasteiger partial charge in [0.1, 0.15) is 0 Å². The molecule has 6 nitrogen and oxygen atoms in total. The number of morpholine rings is 1. The Kier molecular flexibility index (Phi) is 5.27. The molecule has 152 valence electrons. The van der Waals surface area contributed by atoms with Gasteiger partial charge in [-0.25, -0.2) is 0 Å². The summed E-state index contributed by atoms with van der Waals surface area (Å²) in [6, 6.07) is 8.48. The number of benzene rings is 1. The van der Waals surface area contributed by atoms with E-state index >= 15 is 0 Å². The topological polar surface area (TPSA) is 56.1 Å². The Labute approximate surface area is 168 Å². The van der Waals surface area contributed by atoms with Crippen molar-refractivity contribution < 1.29 is 4.74 Å². The van der Waals surface area contributed by atoms with E-state index in [0.717, 1.165) is 56.6 Å². The quantitative estimate of drug-likeness (QED) is 0.808. The molecular formula is C22H33N5O. The maximum atomic E-state index is 5.66. The standard InChI is InChI=1S/C22H33N5O/c1-17-5-7-19(8-6-17)27-20(23-24-25-27)22(26-13-15-28-16-14-26)11-9-18(10-12-22)21(2,3)4/h5-8,18H,9-16H2,1-4H3. The molecular weight excluding hydrogens is 350 g/mol. The molecule has 0 amide bonds. The Hall–Kier alpha value is -1.79. The van der Waals surface area contributed by atoms with Crippen molar-refractivity contribution in [2.75, 3.05) is 26.3 Å². The van der Waals surface area contributed by atoms with Gasteiger partial charge in [0, 0.05) is 13.1 Å². The summed E-state index contributed by atoms with van der Waals surface area (Å²) in [6.07, 6.45) is 4.62. The number of rotatable bonds is 3. The average Bonchev–Trinajstić information content (AvgIpc) is 3.19. The van der Waals surface area contributed by atoms with Crippen LogP contribution in [0.1, 0.15) is 57.8 Å². The predicted molar refractivity (Wildman–Crippen MR) is 109 cm³/mol. The molecule has 1 saturated carbocycles. The van der Waals surface area contributed by atoms with E-state index in [9.17, 15) is 0 Å². The first-order chi connectivity index (χ1) is 13.4. The summed E-state index contributed by atoms with van der Waals surface area (Å²) >= 11 is 0. The molecule has 0 N–H and O–H groups in total. The molecule has 0 bridgehead atoms. The average molecular weight is 384 g/mol. The summed E-state index contributed by atoms with van der Waals surface area (Å²) < 4.78 is 7.62. The fourth-order valence-corrected chi connectivity index (χ4v) is 4.97. The van der Waals surface area contributed by atoms with Gasteiger partial charge in [-0.05, 0) is 66.5 Å². The van der Waals surface area contributed by atoms with Gasteiger partial charge in [-0.3, -0.25) is 4.90 Å². The van der Waals surface area contributed by atoms with Crippen molar-refractivity contribution >= 4 is 0 Å². The molecule has 1 aliphatic heterocycles. The third-order valence-electron chi connectivity index (χ3n) is 6.82. The maximum absolute atomic E-state index is 5.66. The second-order valence-corrected chi connectivity index (χ2v) is 9.52. The van der Waals surface area contributed by atoms with Gasteiger partial charge in [0.15, 0.2) is 5.82 Å². The number of aryl methyl sites for hydroxylation is 1. The van der Waals surface area contributed by atoms with Crippen molar-refractivity contribution in [2.45, 2.75) is 58.9 Å². The van der Waals surface area contributed by atoms with Crippen LogP contribution in [-0.4, -0.2) is 51.4 Å². The molecule has 1 aromatic carbocycles. The zero-order chi connectivity index (χ0) is 19.8. The van der Waals surface area contributed by atoms with Crippen LogP contribution < -0.4 is 0 Å². The summed E-state index contributed by atoms with van der Waals surface area (Å²) in [5.41, 5.74) is 2.52. The van der Waals surface area contributed by atoms with Crippen molar-refractivity contribution in [1.29, 1.82) is 0 Å². The first kappa shape index (κ1) is 19.5. The third-order valence-corrected chi connectivity index (χ3v) is 6.82. The molecule has 0 radical (unpaired) electrons. The predicted octanol–water partition coefficient (Wildman–Crippen LogP) is 3.73. The lowest BCUT2D eigenvalue weighted by Crippen LogP contribution is -2.54. The molecule has 6 heteroatoms. The highest BCUT2D eigenvalue weighted by molar-refractivity contribution is 5.35. The summed E-state index contributed by atoms with van der Waals surface area (Å²) in [4.78, 5) is 2.59. The first-order valence-electron chi connectivity index (χ1n) is 10.6. The highest BCUT2D eigenvalue weighted by Crippen LogP contribution is 2.48. The van der Waals surface area contributed by atoms with Crippen molar-refractivity contribution in [2.24, 2.45) is 11.3 Å². The summed E-state index contributed by atoms with van der Waals surface area (Å²) in [5.74, 6) is 1.73. The Morgan fingerprint density at radius 1 is 1.04 bits per heavy atom. The van der Waals surface area contributed by atoms with Gasteiger partial charge in [0.2, 0.25) is 0 Å². The minimum Gasteiger partial charge on any atom is -0.379 e. The van der Waals surface area contributed by atoms with E-state index in [2.05, 4.69) is 72.4 Å². The van der Waals surface area contributed by atoms with E-state index in [-0.39, 0.29) is 5.54 Å². The van der Waals surface area contributed by atoms with Gasteiger partial charge in [0.25, 0.3) is 0 Å². The monoisotopic (exact) mass is 383 g/mol. The van der Waals surface area contributed by atoms with Crippen LogP contribution in [0.4, 0.5) is 0 Å². The van der Waals surface area contributed by atoms with Crippen LogP contribution in [0, 0.1) is 18.3 Å². The van der Waals surface area contributed by atoms with Crippen molar-refractivity contribution in [1.82, 2.24) is 25.1 Å². The lowest BCUT2D eigenvalue weighted by Gasteiger charge is -2.50. The molecule has 28 heavy (non-hydrogen) atoms. The molecule has 4 rings (SSSR count). The Morgan fingerprint density at radius 2 is 1.68 bits per heavy atom. The van der Waals surface area contributed by atoms with Crippen molar-refractivity contribution in [3.63, 3.8) is 0 Å². The van der Waals surface area contributed by atoms with Crippen LogP contribution >= 0.6 is 0 Å². The van der Waals surface area contributed by atoms with E-state index in [4.69, 9.17) is 4.74 Å². The summed E-state index contributed by atoms with van der Waals surface area (Å²) in [5, 5.41) is 13.1. The highest BCUT2D eigenvalue weighted by atomic mass is 16.5. The van der Waals surface area contributed by atoms with Gasteiger partial charge in [0.05, 0.1) is 24.4 Å². The van der Waals surface area contributed by atoms with Crippen LogP contribution in [0.5, 0.6) is 0 Å². The Morgan fingerprint density at radius 3 is 2.29 bits per heavy atom. The third kappa shape index (κ3) is 3.60. The SMILES string of the molecule is Cc1ccc(-n2nnnc2C2(N3CCOCC3)CCC(C(C)(C)C)CC2)cc1. The summed E-state index contributed by atoms with van der Waals surface area (Å²) in [6.45, 7) is 12.7. The van der Waals surface area contributed by atoms with Crippen LogP contribution in [0.3, 0.4) is 0 Å². The molecule has 2 aromatic rings. The Bertz CT molecular complexity index is 778. The van der Waals surface area contributed by atoms with E-state index in [0.29, 0.717) is 5.41 Å². The second kappa shape index (κ2) is 7.56. The normalized spacial score (nSPS) is 27.1. The summed E-state index contributed by atoms with van der Waals surface area (Å²) in [7, 11) is 0. The molecule has 1 aliphatic carbocycles. The van der Waals surface area contributed by atoms with Crippen LogP contribution in [-0.2, 0) is 10.3 Å². The number of hydrogen-bond acceptors (Lipinski definition) is 5. The second-order valence-electron chi connectivity index (χ2n) is 9.52. The van der Waals surface area contributed by atoms with Crippen LogP contribution in [0.15, 0.2) is 24.3 Å². The largest absolute Gasteiger partial charge is 0.379 e. The van der Waals surface area contributed by atoms with Crippen molar-refractivity contribution in [3.8, 4) is 5.69 Å². The van der Waals surface area contributed by atoms with E-state index in [1.54, 1.807) is 0 Å². The molecule has 2 heterocycles. The van der Waals surface area contributed by atoms with Gasteiger partial charge < -0.3 is 4.74 Å². The lowest BCUT2D eigenvalue weighted by atomic mass is 9.66. The lowest BCUT2D eigenvalue weighted by molar-refractivity contribution is -0.0576. The number of nitrogens with zero attached hydrogens (tertiary/aromatic N) is 5. The molecule has 0 atom stereocenters. The van der Waals surface area contributed by atoms with E-state index in [1.807, 2.05) is 4.68 Å². The molecule has 2 aliphatic rings. The number of ether oxygens (including phenoxy) is 1. The van der Waals surface area contributed by atoms with E-state index < -0.39 is 0 Å². The number of hydrogen-bond donors (Lipinski definition) is 0. The van der Waals surface area contributed by atoms with Crippen LogP contribution in [0.2, 0.25) is 0 Å². The van der Waals surface area contributed by atoms with Crippen molar-refractivity contribution in [3.05, 3.63) is 35.7 Å². The number of tetrazole rings is 1. The van der Waals surface area contributed by atoms with Gasteiger partial charge in [-0.1, -0.05) is 38.5 Å². The van der Waals surface area contributed by atoms with Gasteiger partial charge >= 0.3 is 0 Å². The zero-order valence-corrected chi connectivity index (χ0v) is 17.7. The molecule has 0 spiro atoms. The fourth-order valence-electron chi connectivity index (χ4n) is 4.97. The van der Waals surface area contributed by atoms with Gasteiger partial charge in [-0.15, -0.1) is 5.10 Å². The fraction of sp³-hybridized carbons (Fsp3) is 0.682. The minimum atomic E-state index is -0.111. The molecule has 1 aromatic heterocycles. The smallest absolute Gasteiger partial charge is 0.176 e. The Balaban J connectivity index is 1.71. The molecule has 0 unspecified atom stereocenters. The highest BCUT2D eigenvalue weighted by Gasteiger charge is 2.47. The first-order valence-corrected chi connectivity index (χ1v) is 10.6. The molecule has 2 fully saturated rings. The zero-order valence-electron chi connectivity index (χ0n) is 17.7. The van der Waals surface area contributed by atoms with E-state index in [1.165, 1.54) is 18.4 Å². The number of aromatic nitrogens is 4. The maximum Gasteiger partial charge on any atom is 0.176 e. The minimum absolute atomic E-state index is 0.111. The van der Waals surface area contributed by atoms with Gasteiger partial charge in [-0.2, -0.15) is 4.68 Å². The molecule has 1 saturated heterocycles. The van der Waals surface area contributed by atoms with Crippen LogP contribution in [0.25, 0.3) is 5.69 Å².